The summed E-state index contributed by atoms with van der Waals surface area (Å²) in [5.74, 6) is 3.43. The Morgan fingerprint density at radius 3 is 1.87 bits per heavy atom. The molecule has 1 nitrogen and oxygen atoms in total. The van der Waals surface area contributed by atoms with Crippen LogP contribution in [0.1, 0.15) is 43.2 Å². The van der Waals surface area contributed by atoms with Crippen molar-refractivity contribution in [1.82, 2.24) is 0 Å². The molecular formula is C52H41NS. The minimum absolute atomic E-state index is 0.179. The number of fused-ring (bicyclic) bond motifs is 6. The lowest BCUT2D eigenvalue weighted by Gasteiger charge is -2.61. The number of benzene rings is 7. The number of rotatable bonds is 5. The molecule has 4 saturated carbocycles. The summed E-state index contributed by atoms with van der Waals surface area (Å²) in [5.41, 5.74) is 15.0. The highest BCUT2D eigenvalue weighted by Gasteiger charge is 2.61. The molecule has 5 aliphatic carbocycles. The van der Waals surface area contributed by atoms with Crippen LogP contribution in [-0.4, -0.2) is 0 Å². The highest BCUT2D eigenvalue weighted by molar-refractivity contribution is 7.25. The second-order valence-corrected chi connectivity index (χ2v) is 17.6. The van der Waals surface area contributed by atoms with E-state index in [9.17, 15) is 0 Å². The third-order valence-corrected chi connectivity index (χ3v) is 15.0. The van der Waals surface area contributed by atoms with Crippen molar-refractivity contribution in [3.8, 4) is 33.4 Å². The summed E-state index contributed by atoms with van der Waals surface area (Å²) in [7, 11) is 0. The third kappa shape index (κ3) is 4.38. The van der Waals surface area contributed by atoms with Gasteiger partial charge in [0.15, 0.2) is 0 Å². The van der Waals surface area contributed by atoms with E-state index in [-0.39, 0.29) is 5.41 Å². The van der Waals surface area contributed by atoms with Crippen LogP contribution in [0, 0.1) is 23.7 Å². The largest absolute Gasteiger partial charge is 0.310 e. The van der Waals surface area contributed by atoms with Gasteiger partial charge in [-0.05, 0) is 131 Å². The Bertz CT molecular complexity index is 2710. The van der Waals surface area contributed by atoms with Crippen LogP contribution in [0.4, 0.5) is 17.1 Å². The zero-order valence-electron chi connectivity index (χ0n) is 30.3. The molecule has 13 rings (SSSR count). The van der Waals surface area contributed by atoms with Crippen LogP contribution in [0.2, 0.25) is 0 Å². The fourth-order valence-corrected chi connectivity index (χ4v) is 13.2. The summed E-state index contributed by atoms with van der Waals surface area (Å²) in [6.07, 6.45) is 7.12. The topological polar surface area (TPSA) is 3.24 Å². The fourth-order valence-electron chi connectivity index (χ4n) is 12.0. The van der Waals surface area contributed by atoms with E-state index in [1.165, 1.54) is 97.0 Å². The van der Waals surface area contributed by atoms with Crippen molar-refractivity contribution in [1.29, 1.82) is 0 Å². The summed E-state index contributed by atoms with van der Waals surface area (Å²) in [4.78, 5) is 2.46. The average molecular weight is 712 g/mol. The number of hydrogen-bond donors (Lipinski definition) is 0. The molecule has 8 aromatic rings. The SMILES string of the molecule is c1ccc(-c2ccccc2N(c2ccc(-c3cccc4c3-c3ccccc3C43C4CC5CC(C4)CC3C5)cc2)c2ccc3c(c2)sc2ccccc23)cc1. The zero-order valence-corrected chi connectivity index (χ0v) is 31.1. The van der Waals surface area contributed by atoms with Gasteiger partial charge < -0.3 is 4.90 Å². The third-order valence-electron chi connectivity index (χ3n) is 13.9. The summed E-state index contributed by atoms with van der Waals surface area (Å²) >= 11 is 1.88. The predicted octanol–water partition coefficient (Wildman–Crippen LogP) is 14.6. The van der Waals surface area contributed by atoms with Crippen LogP contribution in [0.3, 0.4) is 0 Å². The smallest absolute Gasteiger partial charge is 0.0540 e. The van der Waals surface area contributed by atoms with Gasteiger partial charge in [0.2, 0.25) is 0 Å². The maximum Gasteiger partial charge on any atom is 0.0540 e. The molecule has 0 amide bonds. The maximum atomic E-state index is 2.52. The van der Waals surface area contributed by atoms with Crippen molar-refractivity contribution in [2.45, 2.75) is 37.5 Å². The van der Waals surface area contributed by atoms with E-state index in [0.717, 1.165) is 29.4 Å². The van der Waals surface area contributed by atoms with Crippen LogP contribution in [-0.2, 0) is 5.41 Å². The Morgan fingerprint density at radius 1 is 0.444 bits per heavy atom. The molecule has 7 aromatic carbocycles. The number of nitrogens with zero attached hydrogens (tertiary/aromatic N) is 1. The van der Waals surface area contributed by atoms with Crippen LogP contribution in [0.5, 0.6) is 0 Å². The molecule has 2 heteroatoms. The first-order valence-electron chi connectivity index (χ1n) is 19.9. The van der Waals surface area contributed by atoms with E-state index in [0.29, 0.717) is 0 Å². The molecule has 1 heterocycles. The first-order chi connectivity index (χ1) is 26.7. The van der Waals surface area contributed by atoms with Gasteiger partial charge in [0, 0.05) is 42.5 Å². The van der Waals surface area contributed by atoms with Crippen LogP contribution >= 0.6 is 11.3 Å². The minimum atomic E-state index is 0.179. The number of para-hydroxylation sites is 1. The molecule has 1 spiro atoms. The molecule has 0 saturated heterocycles. The molecule has 54 heavy (non-hydrogen) atoms. The van der Waals surface area contributed by atoms with Crippen molar-refractivity contribution in [2.24, 2.45) is 23.7 Å². The molecule has 0 aliphatic heterocycles. The van der Waals surface area contributed by atoms with Crippen molar-refractivity contribution in [3.63, 3.8) is 0 Å². The monoisotopic (exact) mass is 711 g/mol. The minimum Gasteiger partial charge on any atom is -0.310 e. The summed E-state index contributed by atoms with van der Waals surface area (Å²) in [5, 5.41) is 2.65. The molecule has 4 fully saturated rings. The molecule has 260 valence electrons. The Hall–Kier alpha value is -5.44. The van der Waals surface area contributed by atoms with Gasteiger partial charge in [-0.2, -0.15) is 0 Å². The molecular weight excluding hydrogens is 671 g/mol. The Balaban J connectivity index is 1.01. The quantitative estimate of drug-likeness (QED) is 0.172. The highest BCUT2D eigenvalue weighted by Crippen LogP contribution is 2.70. The van der Waals surface area contributed by atoms with Gasteiger partial charge in [0.1, 0.15) is 0 Å². The van der Waals surface area contributed by atoms with Gasteiger partial charge in [-0.25, -0.2) is 0 Å². The molecule has 0 radical (unpaired) electrons. The lowest BCUT2D eigenvalue weighted by Crippen LogP contribution is -2.55. The molecule has 4 bridgehead atoms. The number of hydrogen-bond acceptors (Lipinski definition) is 2. The molecule has 5 aliphatic rings. The van der Waals surface area contributed by atoms with Gasteiger partial charge in [-0.15, -0.1) is 11.3 Å². The van der Waals surface area contributed by atoms with E-state index in [1.807, 2.05) is 11.3 Å². The first-order valence-corrected chi connectivity index (χ1v) is 20.8. The van der Waals surface area contributed by atoms with E-state index in [2.05, 4.69) is 169 Å². The lowest BCUT2D eigenvalue weighted by atomic mass is 9.43. The number of anilines is 3. The molecule has 0 N–H and O–H groups in total. The van der Waals surface area contributed by atoms with Gasteiger partial charge in [-0.1, -0.05) is 127 Å². The van der Waals surface area contributed by atoms with E-state index >= 15 is 0 Å². The van der Waals surface area contributed by atoms with Crippen molar-refractivity contribution >= 4 is 48.6 Å². The Kier molecular flexibility index (Phi) is 6.75. The van der Waals surface area contributed by atoms with E-state index in [1.54, 1.807) is 11.1 Å². The number of thiophene rings is 1. The van der Waals surface area contributed by atoms with Gasteiger partial charge >= 0.3 is 0 Å². The summed E-state index contributed by atoms with van der Waals surface area (Å²) in [6.45, 7) is 0. The predicted molar refractivity (Wildman–Crippen MR) is 228 cm³/mol. The van der Waals surface area contributed by atoms with Crippen LogP contribution < -0.4 is 4.90 Å². The molecule has 0 atom stereocenters. The normalized spacial score (nSPS) is 23.3. The van der Waals surface area contributed by atoms with Crippen LogP contribution in [0.25, 0.3) is 53.6 Å². The molecule has 0 unspecified atom stereocenters. The van der Waals surface area contributed by atoms with Gasteiger partial charge in [0.05, 0.1) is 5.69 Å². The highest BCUT2D eigenvalue weighted by atomic mass is 32.1. The Morgan fingerprint density at radius 2 is 1.06 bits per heavy atom. The second-order valence-electron chi connectivity index (χ2n) is 16.5. The molecule has 1 aromatic heterocycles. The van der Waals surface area contributed by atoms with Crippen molar-refractivity contribution in [2.75, 3.05) is 4.90 Å². The van der Waals surface area contributed by atoms with Gasteiger partial charge in [-0.3, -0.25) is 0 Å². The first kappa shape index (κ1) is 31.0. The maximum absolute atomic E-state index is 2.52. The van der Waals surface area contributed by atoms with E-state index < -0.39 is 0 Å². The second kappa shape index (κ2) is 11.8. The fraction of sp³-hybridized carbons (Fsp3) is 0.192. The van der Waals surface area contributed by atoms with Crippen molar-refractivity contribution < 1.29 is 0 Å². The standard InChI is InChI=1S/C52H41NS/c1-2-11-35(12-3-1)41-13-5-8-19-48(41)53(40-25-26-44-43-14-6-9-20-49(43)54-50(44)32-40)39-23-21-36(22-24-39)42-16-10-18-47-51(42)45-15-4-7-17-46(45)52(47)37-28-33-27-34(30-37)31-38(52)29-33/h1-26,32-34,37-38H,27-31H2. The lowest BCUT2D eigenvalue weighted by molar-refractivity contribution is -0.0399. The Labute approximate surface area is 321 Å². The zero-order chi connectivity index (χ0) is 35.4. The average Bonchev–Trinajstić information content (AvgIpc) is 3.74. The summed E-state index contributed by atoms with van der Waals surface area (Å²) in [6, 6.07) is 61.7. The van der Waals surface area contributed by atoms with Gasteiger partial charge in [0.25, 0.3) is 0 Å². The van der Waals surface area contributed by atoms with Crippen LogP contribution in [0.15, 0.2) is 164 Å². The van der Waals surface area contributed by atoms with E-state index in [4.69, 9.17) is 0 Å². The van der Waals surface area contributed by atoms with Crippen molar-refractivity contribution in [3.05, 3.63) is 175 Å². The summed E-state index contributed by atoms with van der Waals surface area (Å²) < 4.78 is 2.64.